The summed E-state index contributed by atoms with van der Waals surface area (Å²) in [6.07, 6.45) is 0.536. The number of nitrogens with zero attached hydrogens (tertiary/aromatic N) is 3. The summed E-state index contributed by atoms with van der Waals surface area (Å²) >= 11 is 0. The Balaban J connectivity index is 1.38. The molecule has 1 heterocycles. The van der Waals surface area contributed by atoms with Gasteiger partial charge >= 0.3 is 16.2 Å². The van der Waals surface area contributed by atoms with Crippen LogP contribution in [0.1, 0.15) is 29.5 Å². The highest BCUT2D eigenvalue weighted by molar-refractivity contribution is 7.90. The zero-order chi connectivity index (χ0) is 28.9. The van der Waals surface area contributed by atoms with Gasteiger partial charge in [-0.3, -0.25) is 9.10 Å². The Labute approximate surface area is 232 Å². The second-order valence-corrected chi connectivity index (χ2v) is 11.0. The van der Waals surface area contributed by atoms with Gasteiger partial charge in [-0.2, -0.15) is 8.42 Å². The number of ether oxygens (including phenoxy) is 1. The van der Waals surface area contributed by atoms with Gasteiger partial charge in [-0.25, -0.2) is 9.37 Å². The van der Waals surface area contributed by atoms with Crippen LogP contribution in [-0.2, 0) is 32.8 Å². The third kappa shape index (κ3) is 7.04. The molecular formula is C29H30FN3O6S. The maximum absolute atomic E-state index is 13.7. The van der Waals surface area contributed by atoms with Crippen molar-refractivity contribution in [3.63, 3.8) is 0 Å². The fourth-order valence-corrected chi connectivity index (χ4v) is 5.00. The van der Waals surface area contributed by atoms with E-state index in [2.05, 4.69) is 4.98 Å². The normalized spacial score (nSPS) is 11.4. The van der Waals surface area contributed by atoms with Gasteiger partial charge in [0.2, 0.25) is 5.89 Å². The highest BCUT2D eigenvalue weighted by atomic mass is 32.2. The second kappa shape index (κ2) is 12.3. The van der Waals surface area contributed by atoms with E-state index in [1.54, 1.807) is 24.3 Å². The van der Waals surface area contributed by atoms with Crippen LogP contribution in [0.4, 0.5) is 10.1 Å². The minimum atomic E-state index is -4.33. The van der Waals surface area contributed by atoms with Crippen LogP contribution in [0.15, 0.2) is 77.2 Å². The molecule has 3 aromatic carbocycles. The van der Waals surface area contributed by atoms with Crippen molar-refractivity contribution in [2.75, 3.05) is 18.0 Å². The monoisotopic (exact) mass is 567 g/mol. The van der Waals surface area contributed by atoms with Crippen LogP contribution in [0, 0.1) is 19.7 Å². The molecule has 0 aliphatic rings. The first-order valence-corrected chi connectivity index (χ1v) is 13.9. The van der Waals surface area contributed by atoms with E-state index in [1.807, 2.05) is 38.1 Å². The predicted octanol–water partition coefficient (Wildman–Crippen LogP) is 5.38. The van der Waals surface area contributed by atoms with Crippen LogP contribution in [0.25, 0.3) is 11.5 Å². The van der Waals surface area contributed by atoms with E-state index in [0.29, 0.717) is 34.7 Å². The maximum Gasteiger partial charge on any atom is 0.335 e. The van der Waals surface area contributed by atoms with Crippen molar-refractivity contribution in [1.29, 1.82) is 0 Å². The molecule has 0 saturated heterocycles. The number of oxazole rings is 1. The minimum absolute atomic E-state index is 0.0780. The molecular weight excluding hydrogens is 537 g/mol. The molecule has 0 N–H and O–H groups in total. The summed E-state index contributed by atoms with van der Waals surface area (Å²) in [6, 6.07) is 19.8. The number of halogens is 1. The van der Waals surface area contributed by atoms with Crippen molar-refractivity contribution in [1.82, 2.24) is 9.45 Å². The van der Waals surface area contributed by atoms with Crippen molar-refractivity contribution in [2.24, 2.45) is 0 Å². The van der Waals surface area contributed by atoms with Gasteiger partial charge in [0.05, 0.1) is 24.5 Å². The first-order valence-electron chi connectivity index (χ1n) is 12.5. The van der Waals surface area contributed by atoms with E-state index >= 15 is 0 Å². The van der Waals surface area contributed by atoms with Crippen LogP contribution >= 0.6 is 0 Å². The lowest BCUT2D eigenvalue weighted by atomic mass is 10.1. The average Bonchev–Trinajstić information content (AvgIpc) is 3.29. The van der Waals surface area contributed by atoms with Crippen molar-refractivity contribution in [3.8, 4) is 17.2 Å². The molecule has 9 nitrogen and oxygen atoms in total. The van der Waals surface area contributed by atoms with E-state index in [0.717, 1.165) is 39.9 Å². The lowest BCUT2D eigenvalue weighted by Crippen LogP contribution is -2.42. The molecule has 0 radical (unpaired) electrons. The molecule has 0 bridgehead atoms. The lowest BCUT2D eigenvalue weighted by Gasteiger charge is -2.27. The standard InChI is InChI=1S/C29H30FN3O6S/c1-20-8-12-24(13-9-20)29-31-28(21(2)38-29)16-17-37-27-14-10-23(11-15-27)19-33(39-22(3)34)40(35,36)32(4)26-7-5-6-25(30)18-26/h5-15,18H,16-17,19H2,1-4H3. The van der Waals surface area contributed by atoms with Crippen LogP contribution < -0.4 is 9.04 Å². The number of hydrogen-bond acceptors (Lipinski definition) is 7. The number of carbonyl (C=O) groups is 1. The van der Waals surface area contributed by atoms with E-state index in [1.165, 1.54) is 25.2 Å². The van der Waals surface area contributed by atoms with Crippen LogP contribution in [0.5, 0.6) is 5.75 Å². The number of hydroxylamine groups is 1. The first-order chi connectivity index (χ1) is 19.0. The van der Waals surface area contributed by atoms with E-state index in [-0.39, 0.29) is 12.2 Å². The van der Waals surface area contributed by atoms with Crippen LogP contribution in [0.3, 0.4) is 0 Å². The number of benzene rings is 3. The Morgan fingerprint density at radius 1 is 1.02 bits per heavy atom. The molecule has 11 heteroatoms. The summed E-state index contributed by atoms with van der Waals surface area (Å²) in [7, 11) is -3.09. The maximum atomic E-state index is 13.7. The number of aromatic nitrogens is 1. The zero-order valence-corrected chi connectivity index (χ0v) is 23.4. The number of rotatable bonds is 11. The van der Waals surface area contributed by atoms with Crippen molar-refractivity contribution in [3.05, 3.63) is 101 Å². The molecule has 4 rings (SSSR count). The summed E-state index contributed by atoms with van der Waals surface area (Å²) < 4.78 is 53.1. The highest BCUT2D eigenvalue weighted by Gasteiger charge is 2.31. The average molecular weight is 568 g/mol. The van der Waals surface area contributed by atoms with Gasteiger partial charge in [0.1, 0.15) is 17.3 Å². The Bertz CT molecular complexity index is 1570. The number of hydrogen-bond donors (Lipinski definition) is 0. The molecule has 0 amide bonds. The molecule has 40 heavy (non-hydrogen) atoms. The molecule has 210 valence electrons. The van der Waals surface area contributed by atoms with Gasteiger partial charge in [-0.15, -0.1) is 0 Å². The summed E-state index contributed by atoms with van der Waals surface area (Å²) in [4.78, 5) is 21.3. The van der Waals surface area contributed by atoms with Gasteiger partial charge in [0.15, 0.2) is 0 Å². The number of aryl methyl sites for hydroxylation is 2. The van der Waals surface area contributed by atoms with Crippen LogP contribution in [-0.4, -0.2) is 37.5 Å². The first kappa shape index (κ1) is 28.8. The summed E-state index contributed by atoms with van der Waals surface area (Å²) in [6.45, 7) is 5.07. The van der Waals surface area contributed by atoms with Gasteiger partial charge in [-0.05, 0) is 66.3 Å². The number of carbonyl (C=O) groups excluding carboxylic acids is 1. The molecule has 0 aliphatic carbocycles. The Morgan fingerprint density at radius 2 is 1.73 bits per heavy atom. The second-order valence-electron chi connectivity index (χ2n) is 9.13. The van der Waals surface area contributed by atoms with Gasteiger partial charge in [-0.1, -0.05) is 35.9 Å². The third-order valence-corrected chi connectivity index (χ3v) is 7.66. The summed E-state index contributed by atoms with van der Waals surface area (Å²) in [5, 5.41) is 0. The Kier molecular flexibility index (Phi) is 8.86. The highest BCUT2D eigenvalue weighted by Crippen LogP contribution is 2.24. The van der Waals surface area contributed by atoms with Crippen LogP contribution in [0.2, 0.25) is 0 Å². The van der Waals surface area contributed by atoms with Crippen molar-refractivity contribution < 1.29 is 31.6 Å². The predicted molar refractivity (Wildman–Crippen MR) is 148 cm³/mol. The van der Waals surface area contributed by atoms with Gasteiger partial charge in [0, 0.05) is 26.0 Å². The lowest BCUT2D eigenvalue weighted by molar-refractivity contribution is -0.168. The largest absolute Gasteiger partial charge is 0.493 e. The summed E-state index contributed by atoms with van der Waals surface area (Å²) in [5.74, 6) is 0.448. The van der Waals surface area contributed by atoms with E-state index in [9.17, 15) is 17.6 Å². The van der Waals surface area contributed by atoms with Gasteiger partial charge < -0.3 is 14.0 Å². The van der Waals surface area contributed by atoms with E-state index in [4.69, 9.17) is 14.0 Å². The smallest absolute Gasteiger partial charge is 0.335 e. The van der Waals surface area contributed by atoms with Crippen molar-refractivity contribution >= 4 is 21.9 Å². The third-order valence-electron chi connectivity index (χ3n) is 6.04. The molecule has 1 aromatic heterocycles. The molecule has 0 unspecified atom stereocenters. The summed E-state index contributed by atoms with van der Waals surface area (Å²) in [5.41, 5.74) is 3.48. The molecule has 0 fully saturated rings. The SMILES string of the molecule is CC(=O)ON(Cc1ccc(OCCc2nc(-c3ccc(C)cc3)oc2C)cc1)S(=O)(=O)N(C)c1cccc(F)c1. The fourth-order valence-electron chi connectivity index (χ4n) is 3.83. The Hall–Kier alpha value is -4.22. The quantitative estimate of drug-likeness (QED) is 0.224. The Morgan fingerprint density at radius 3 is 2.38 bits per heavy atom. The topological polar surface area (TPSA) is 102 Å². The van der Waals surface area contributed by atoms with Crippen molar-refractivity contribution in [2.45, 2.75) is 33.7 Å². The molecule has 0 saturated carbocycles. The molecule has 0 atom stereocenters. The molecule has 0 aliphatic heterocycles. The van der Waals surface area contributed by atoms with E-state index < -0.39 is 22.0 Å². The van der Waals surface area contributed by atoms with Gasteiger partial charge in [0.25, 0.3) is 0 Å². The molecule has 4 aromatic rings. The zero-order valence-electron chi connectivity index (χ0n) is 22.6. The fraction of sp³-hybridized carbons (Fsp3) is 0.241. The minimum Gasteiger partial charge on any atom is -0.493 e. The molecule has 0 spiro atoms. The number of anilines is 1.